The first-order valence-corrected chi connectivity index (χ1v) is 7.42. The Morgan fingerprint density at radius 2 is 1.86 bits per heavy atom. The van der Waals surface area contributed by atoms with Gasteiger partial charge in [0.25, 0.3) is 0 Å². The molecule has 1 aliphatic carbocycles. The van der Waals surface area contributed by atoms with Crippen molar-refractivity contribution < 1.29 is 13.2 Å². The molecule has 0 amide bonds. The zero-order chi connectivity index (χ0) is 15.0. The van der Waals surface area contributed by atoms with Crippen LogP contribution in [0.4, 0.5) is 13.2 Å². The SMILES string of the molecule is CN=C(NCCC1CCCC(C)C1)NCCC(F)(F)F.I. The molecule has 0 aromatic rings. The maximum Gasteiger partial charge on any atom is 0.390 e. The Labute approximate surface area is 142 Å². The lowest BCUT2D eigenvalue weighted by molar-refractivity contribution is -0.132. The maximum absolute atomic E-state index is 12.0. The van der Waals surface area contributed by atoms with Gasteiger partial charge < -0.3 is 10.6 Å². The molecule has 1 rings (SSSR count). The van der Waals surface area contributed by atoms with Crippen LogP contribution in [0.3, 0.4) is 0 Å². The van der Waals surface area contributed by atoms with Crippen LogP contribution in [-0.4, -0.2) is 32.3 Å². The molecule has 2 unspecified atom stereocenters. The van der Waals surface area contributed by atoms with Crippen LogP contribution < -0.4 is 10.6 Å². The largest absolute Gasteiger partial charge is 0.390 e. The first-order chi connectivity index (χ1) is 9.40. The number of hydrogen-bond donors (Lipinski definition) is 2. The number of guanidine groups is 1. The predicted octanol–water partition coefficient (Wildman–Crippen LogP) is 3.94. The summed E-state index contributed by atoms with van der Waals surface area (Å²) >= 11 is 0. The van der Waals surface area contributed by atoms with Gasteiger partial charge in [-0.25, -0.2) is 0 Å². The van der Waals surface area contributed by atoms with E-state index in [1.54, 1.807) is 7.05 Å². The Morgan fingerprint density at radius 3 is 2.43 bits per heavy atom. The molecule has 126 valence electrons. The molecular formula is C14H27F3IN3. The second kappa shape index (κ2) is 10.5. The van der Waals surface area contributed by atoms with E-state index in [1.165, 1.54) is 25.7 Å². The van der Waals surface area contributed by atoms with Crippen LogP contribution in [-0.2, 0) is 0 Å². The molecule has 0 radical (unpaired) electrons. The van der Waals surface area contributed by atoms with Crippen LogP contribution in [0.2, 0.25) is 0 Å². The van der Waals surface area contributed by atoms with Gasteiger partial charge in [-0.05, 0) is 24.7 Å². The molecule has 1 saturated carbocycles. The molecule has 7 heteroatoms. The van der Waals surface area contributed by atoms with E-state index in [2.05, 4.69) is 22.5 Å². The normalized spacial score (nSPS) is 23.4. The topological polar surface area (TPSA) is 36.4 Å². The molecule has 0 aromatic carbocycles. The van der Waals surface area contributed by atoms with Gasteiger partial charge in [0.1, 0.15) is 0 Å². The third kappa shape index (κ3) is 10.2. The van der Waals surface area contributed by atoms with Crippen molar-refractivity contribution >= 4 is 29.9 Å². The van der Waals surface area contributed by atoms with E-state index in [4.69, 9.17) is 0 Å². The molecule has 2 atom stereocenters. The average Bonchev–Trinajstić information content (AvgIpc) is 2.35. The van der Waals surface area contributed by atoms with Gasteiger partial charge in [0.05, 0.1) is 6.42 Å². The average molecular weight is 421 g/mol. The summed E-state index contributed by atoms with van der Waals surface area (Å²) in [5.74, 6) is 2.00. The number of aliphatic imine (C=N–C) groups is 1. The lowest BCUT2D eigenvalue weighted by Gasteiger charge is -2.26. The zero-order valence-corrected chi connectivity index (χ0v) is 15.1. The fourth-order valence-corrected chi connectivity index (χ4v) is 2.76. The molecule has 0 spiro atoms. The minimum absolute atomic E-state index is 0. The van der Waals surface area contributed by atoms with Gasteiger partial charge in [-0.3, -0.25) is 4.99 Å². The summed E-state index contributed by atoms with van der Waals surface area (Å²) in [4.78, 5) is 3.93. The van der Waals surface area contributed by atoms with Crippen LogP contribution in [0.15, 0.2) is 4.99 Å². The van der Waals surface area contributed by atoms with Crippen molar-refractivity contribution in [2.24, 2.45) is 16.8 Å². The van der Waals surface area contributed by atoms with E-state index in [1.807, 2.05) is 0 Å². The summed E-state index contributed by atoms with van der Waals surface area (Å²) in [6.07, 6.45) is 1.26. The molecule has 0 heterocycles. The van der Waals surface area contributed by atoms with E-state index in [0.29, 0.717) is 5.96 Å². The van der Waals surface area contributed by atoms with E-state index < -0.39 is 12.6 Å². The van der Waals surface area contributed by atoms with Crippen molar-refractivity contribution in [2.75, 3.05) is 20.1 Å². The molecular weight excluding hydrogens is 394 g/mol. The highest BCUT2D eigenvalue weighted by atomic mass is 127. The molecule has 3 nitrogen and oxygen atoms in total. The Morgan fingerprint density at radius 1 is 1.19 bits per heavy atom. The first kappa shape index (κ1) is 20.8. The van der Waals surface area contributed by atoms with E-state index in [-0.39, 0.29) is 30.5 Å². The van der Waals surface area contributed by atoms with Crippen molar-refractivity contribution in [3.05, 3.63) is 0 Å². The van der Waals surface area contributed by atoms with Gasteiger partial charge in [-0.15, -0.1) is 24.0 Å². The number of nitrogens with zero attached hydrogens (tertiary/aromatic N) is 1. The van der Waals surface area contributed by atoms with Crippen LogP contribution in [0.5, 0.6) is 0 Å². The number of halogens is 4. The Bertz CT molecular complexity index is 308. The second-order valence-electron chi connectivity index (χ2n) is 5.72. The molecule has 1 fully saturated rings. The van der Waals surface area contributed by atoms with Crippen molar-refractivity contribution in [1.82, 2.24) is 10.6 Å². The van der Waals surface area contributed by atoms with E-state index in [0.717, 1.165) is 24.8 Å². The first-order valence-electron chi connectivity index (χ1n) is 7.42. The summed E-state index contributed by atoms with van der Waals surface area (Å²) in [6, 6.07) is 0. The quantitative estimate of drug-likeness (QED) is 0.401. The second-order valence-corrected chi connectivity index (χ2v) is 5.72. The van der Waals surface area contributed by atoms with Crippen LogP contribution in [0.25, 0.3) is 0 Å². The molecule has 2 N–H and O–H groups in total. The Hall–Kier alpha value is -0.210. The highest BCUT2D eigenvalue weighted by Gasteiger charge is 2.26. The predicted molar refractivity (Wildman–Crippen MR) is 91.2 cm³/mol. The van der Waals surface area contributed by atoms with Crippen LogP contribution in [0.1, 0.15) is 45.4 Å². The molecule has 1 aliphatic rings. The van der Waals surface area contributed by atoms with Crippen molar-refractivity contribution in [1.29, 1.82) is 0 Å². The lowest BCUT2D eigenvalue weighted by atomic mass is 9.81. The summed E-state index contributed by atoms with van der Waals surface area (Å²) in [5, 5.41) is 5.78. The molecule has 0 aromatic heterocycles. The van der Waals surface area contributed by atoms with Gasteiger partial charge in [0.2, 0.25) is 0 Å². The maximum atomic E-state index is 12.0. The van der Waals surface area contributed by atoms with E-state index >= 15 is 0 Å². The Balaban J connectivity index is 0.00000400. The number of hydrogen-bond acceptors (Lipinski definition) is 1. The fraction of sp³-hybridized carbons (Fsp3) is 0.929. The van der Waals surface area contributed by atoms with Crippen LogP contribution >= 0.6 is 24.0 Å². The van der Waals surface area contributed by atoms with Gasteiger partial charge in [0, 0.05) is 20.1 Å². The minimum Gasteiger partial charge on any atom is -0.356 e. The summed E-state index contributed by atoms with van der Waals surface area (Å²) in [7, 11) is 1.58. The standard InChI is InChI=1S/C14H26F3N3.HI/c1-11-4-3-5-12(10-11)6-8-19-13(18-2)20-9-7-14(15,16)17;/h11-12H,3-10H2,1-2H3,(H2,18,19,20);1H. The molecule has 0 saturated heterocycles. The summed E-state index contributed by atoms with van der Waals surface area (Å²) in [5.41, 5.74) is 0. The van der Waals surface area contributed by atoms with Gasteiger partial charge >= 0.3 is 6.18 Å². The number of nitrogens with one attached hydrogen (secondary N) is 2. The molecule has 21 heavy (non-hydrogen) atoms. The van der Waals surface area contributed by atoms with Crippen molar-refractivity contribution in [3.63, 3.8) is 0 Å². The smallest absolute Gasteiger partial charge is 0.356 e. The summed E-state index contributed by atoms with van der Waals surface area (Å²) in [6.45, 7) is 2.92. The highest BCUT2D eigenvalue weighted by molar-refractivity contribution is 14.0. The number of rotatable bonds is 5. The monoisotopic (exact) mass is 421 g/mol. The minimum atomic E-state index is -4.12. The van der Waals surface area contributed by atoms with Crippen LogP contribution in [0, 0.1) is 11.8 Å². The van der Waals surface area contributed by atoms with Crippen molar-refractivity contribution in [3.8, 4) is 0 Å². The van der Waals surface area contributed by atoms with Gasteiger partial charge in [-0.2, -0.15) is 13.2 Å². The molecule has 0 bridgehead atoms. The number of alkyl halides is 3. The Kier molecular flexibility index (Phi) is 10.4. The third-order valence-corrected chi connectivity index (χ3v) is 3.81. The molecule has 0 aliphatic heterocycles. The van der Waals surface area contributed by atoms with Gasteiger partial charge in [0.15, 0.2) is 5.96 Å². The third-order valence-electron chi connectivity index (χ3n) is 3.81. The fourth-order valence-electron chi connectivity index (χ4n) is 2.76. The highest BCUT2D eigenvalue weighted by Crippen LogP contribution is 2.30. The van der Waals surface area contributed by atoms with Gasteiger partial charge in [-0.1, -0.05) is 26.2 Å². The van der Waals surface area contributed by atoms with Crippen molar-refractivity contribution in [2.45, 2.75) is 51.6 Å². The van der Waals surface area contributed by atoms with E-state index in [9.17, 15) is 13.2 Å². The zero-order valence-electron chi connectivity index (χ0n) is 12.8. The summed E-state index contributed by atoms with van der Waals surface area (Å²) < 4.78 is 36.1. The lowest BCUT2D eigenvalue weighted by Crippen LogP contribution is -2.39.